The van der Waals surface area contributed by atoms with Gasteiger partial charge in [0.25, 0.3) is 0 Å². The van der Waals surface area contributed by atoms with Gasteiger partial charge in [-0.1, -0.05) is 0 Å². The number of hydrogen-bond donors (Lipinski definition) is 1. The molecule has 0 radical (unpaired) electrons. The molecule has 2 aliphatic heterocycles. The summed E-state index contributed by atoms with van der Waals surface area (Å²) >= 11 is 0. The van der Waals surface area contributed by atoms with E-state index in [1.54, 1.807) is 0 Å². The monoisotopic (exact) mass is 170 g/mol. The van der Waals surface area contributed by atoms with Crippen molar-refractivity contribution in [3.63, 3.8) is 0 Å². The Hall–Kier alpha value is -0.120. The number of β-amino-alcohol motifs (C(OH)–C–C–N with tert-alkyl or cyclic N) is 1. The van der Waals surface area contributed by atoms with E-state index in [4.69, 9.17) is 0 Å². The zero-order valence-electron chi connectivity index (χ0n) is 7.74. The van der Waals surface area contributed by atoms with Gasteiger partial charge in [-0.25, -0.2) is 0 Å². The highest BCUT2D eigenvalue weighted by atomic mass is 16.3. The van der Waals surface area contributed by atoms with Gasteiger partial charge in [0, 0.05) is 13.1 Å². The number of aliphatic hydroxyl groups excluding tert-OH is 1. The number of aliphatic hydroxyl groups is 1. The lowest BCUT2D eigenvalue weighted by Crippen LogP contribution is -2.60. The SMILES string of the molecule is CN1CCCCC1N1CC(O)C1. The third-order valence-corrected chi connectivity index (χ3v) is 3.04. The molecule has 0 aromatic rings. The van der Waals surface area contributed by atoms with E-state index in [2.05, 4.69) is 16.8 Å². The molecule has 0 spiro atoms. The molecular weight excluding hydrogens is 152 g/mol. The summed E-state index contributed by atoms with van der Waals surface area (Å²) in [5.74, 6) is 0. The molecule has 0 aliphatic carbocycles. The van der Waals surface area contributed by atoms with Crippen LogP contribution in [0.15, 0.2) is 0 Å². The third-order valence-electron chi connectivity index (χ3n) is 3.04. The Kier molecular flexibility index (Phi) is 2.35. The molecule has 2 heterocycles. The molecule has 2 aliphatic rings. The number of piperidine rings is 1. The average molecular weight is 170 g/mol. The molecule has 1 unspecified atom stereocenters. The second kappa shape index (κ2) is 3.32. The fourth-order valence-corrected chi connectivity index (χ4v) is 2.25. The van der Waals surface area contributed by atoms with Gasteiger partial charge >= 0.3 is 0 Å². The maximum Gasteiger partial charge on any atom is 0.0795 e. The molecule has 70 valence electrons. The highest BCUT2D eigenvalue weighted by Gasteiger charge is 2.33. The van der Waals surface area contributed by atoms with Crippen molar-refractivity contribution in [3.05, 3.63) is 0 Å². The second-order valence-electron chi connectivity index (χ2n) is 4.06. The van der Waals surface area contributed by atoms with E-state index in [0.29, 0.717) is 6.17 Å². The van der Waals surface area contributed by atoms with E-state index < -0.39 is 0 Å². The Morgan fingerprint density at radius 2 is 2.00 bits per heavy atom. The summed E-state index contributed by atoms with van der Waals surface area (Å²) in [5.41, 5.74) is 0. The summed E-state index contributed by atoms with van der Waals surface area (Å²) < 4.78 is 0. The fraction of sp³-hybridized carbons (Fsp3) is 1.00. The first-order chi connectivity index (χ1) is 5.77. The largest absolute Gasteiger partial charge is 0.390 e. The maximum atomic E-state index is 9.18. The van der Waals surface area contributed by atoms with Crippen LogP contribution in [-0.2, 0) is 0 Å². The van der Waals surface area contributed by atoms with E-state index in [9.17, 15) is 5.11 Å². The van der Waals surface area contributed by atoms with Gasteiger partial charge in [0.1, 0.15) is 0 Å². The van der Waals surface area contributed by atoms with Gasteiger partial charge in [0.15, 0.2) is 0 Å². The Balaban J connectivity index is 1.85. The smallest absolute Gasteiger partial charge is 0.0795 e. The molecule has 2 saturated heterocycles. The fourth-order valence-electron chi connectivity index (χ4n) is 2.25. The van der Waals surface area contributed by atoms with Crippen molar-refractivity contribution in [1.82, 2.24) is 9.80 Å². The van der Waals surface area contributed by atoms with Gasteiger partial charge in [-0.15, -0.1) is 0 Å². The van der Waals surface area contributed by atoms with Gasteiger partial charge in [0.05, 0.1) is 12.3 Å². The van der Waals surface area contributed by atoms with E-state index >= 15 is 0 Å². The number of nitrogens with zero attached hydrogens (tertiary/aromatic N) is 2. The lowest BCUT2D eigenvalue weighted by atomic mass is 10.0. The summed E-state index contributed by atoms with van der Waals surface area (Å²) in [4.78, 5) is 4.79. The molecule has 12 heavy (non-hydrogen) atoms. The van der Waals surface area contributed by atoms with Crippen LogP contribution in [0.4, 0.5) is 0 Å². The third kappa shape index (κ3) is 1.49. The zero-order valence-corrected chi connectivity index (χ0v) is 7.74. The predicted octanol–water partition coefficient (Wildman–Crippen LogP) is 0.105. The molecule has 1 atom stereocenters. The molecule has 0 amide bonds. The summed E-state index contributed by atoms with van der Waals surface area (Å²) in [6.07, 6.45) is 4.52. The van der Waals surface area contributed by atoms with E-state index in [1.807, 2.05) is 0 Å². The summed E-state index contributed by atoms with van der Waals surface area (Å²) in [6.45, 7) is 2.99. The summed E-state index contributed by atoms with van der Waals surface area (Å²) in [6, 6.07) is 0. The van der Waals surface area contributed by atoms with Crippen molar-refractivity contribution in [2.75, 3.05) is 26.7 Å². The van der Waals surface area contributed by atoms with Gasteiger partial charge in [-0.2, -0.15) is 0 Å². The molecule has 0 aromatic carbocycles. The van der Waals surface area contributed by atoms with Crippen LogP contribution < -0.4 is 0 Å². The summed E-state index contributed by atoms with van der Waals surface area (Å²) in [5, 5.41) is 9.18. The summed E-state index contributed by atoms with van der Waals surface area (Å²) in [7, 11) is 2.19. The normalized spacial score (nSPS) is 35.0. The minimum absolute atomic E-state index is 0.0553. The van der Waals surface area contributed by atoms with E-state index in [0.717, 1.165) is 13.1 Å². The van der Waals surface area contributed by atoms with Crippen molar-refractivity contribution in [1.29, 1.82) is 0 Å². The molecule has 0 aromatic heterocycles. The molecule has 0 bridgehead atoms. The van der Waals surface area contributed by atoms with Crippen LogP contribution in [-0.4, -0.2) is 53.9 Å². The van der Waals surface area contributed by atoms with Crippen molar-refractivity contribution < 1.29 is 5.11 Å². The first kappa shape index (κ1) is 8.48. The zero-order chi connectivity index (χ0) is 8.55. The van der Waals surface area contributed by atoms with Crippen LogP contribution in [0, 0.1) is 0 Å². The second-order valence-corrected chi connectivity index (χ2v) is 4.06. The average Bonchev–Trinajstić information content (AvgIpc) is 2.01. The van der Waals surface area contributed by atoms with Crippen molar-refractivity contribution in [2.45, 2.75) is 31.5 Å². The number of likely N-dealkylation sites (tertiary alicyclic amines) is 2. The van der Waals surface area contributed by atoms with Crippen LogP contribution in [0.1, 0.15) is 19.3 Å². The van der Waals surface area contributed by atoms with Gasteiger partial charge in [-0.3, -0.25) is 9.80 Å². The van der Waals surface area contributed by atoms with Crippen LogP contribution in [0.25, 0.3) is 0 Å². The van der Waals surface area contributed by atoms with Gasteiger partial charge in [0.2, 0.25) is 0 Å². The number of hydrogen-bond acceptors (Lipinski definition) is 3. The first-order valence-electron chi connectivity index (χ1n) is 4.90. The maximum absolute atomic E-state index is 9.18. The lowest BCUT2D eigenvalue weighted by molar-refractivity contribution is -0.0787. The molecule has 1 N–H and O–H groups in total. The molecule has 3 heteroatoms. The first-order valence-corrected chi connectivity index (χ1v) is 4.90. The molecule has 2 rings (SSSR count). The van der Waals surface area contributed by atoms with Crippen molar-refractivity contribution in [2.24, 2.45) is 0 Å². The van der Waals surface area contributed by atoms with Gasteiger partial charge in [-0.05, 0) is 32.9 Å². The highest BCUT2D eigenvalue weighted by Crippen LogP contribution is 2.22. The van der Waals surface area contributed by atoms with Crippen LogP contribution >= 0.6 is 0 Å². The van der Waals surface area contributed by atoms with Crippen molar-refractivity contribution in [3.8, 4) is 0 Å². The molecule has 0 saturated carbocycles. The quantitative estimate of drug-likeness (QED) is 0.605. The van der Waals surface area contributed by atoms with E-state index in [1.165, 1.54) is 25.8 Å². The minimum atomic E-state index is -0.0553. The van der Waals surface area contributed by atoms with Crippen LogP contribution in [0.5, 0.6) is 0 Å². The Morgan fingerprint density at radius 1 is 1.25 bits per heavy atom. The minimum Gasteiger partial charge on any atom is -0.390 e. The predicted molar refractivity (Wildman–Crippen MR) is 47.8 cm³/mol. The number of rotatable bonds is 1. The van der Waals surface area contributed by atoms with E-state index in [-0.39, 0.29) is 6.10 Å². The van der Waals surface area contributed by atoms with Crippen LogP contribution in [0.3, 0.4) is 0 Å². The lowest BCUT2D eigenvalue weighted by Gasteiger charge is -2.47. The van der Waals surface area contributed by atoms with Crippen molar-refractivity contribution >= 4 is 0 Å². The Morgan fingerprint density at radius 3 is 2.58 bits per heavy atom. The molecular formula is C9H18N2O. The highest BCUT2D eigenvalue weighted by molar-refractivity contribution is 4.86. The molecule has 3 nitrogen and oxygen atoms in total. The standard InChI is InChI=1S/C9H18N2O/c1-10-5-3-2-4-9(10)11-6-8(12)7-11/h8-9,12H,2-7H2,1H3. The Bertz CT molecular complexity index is 157. The van der Waals surface area contributed by atoms with Crippen LogP contribution in [0.2, 0.25) is 0 Å². The van der Waals surface area contributed by atoms with Gasteiger partial charge < -0.3 is 5.11 Å². The topological polar surface area (TPSA) is 26.7 Å². The molecule has 2 fully saturated rings. The Labute approximate surface area is 74.0 Å².